The van der Waals surface area contributed by atoms with Crippen LogP contribution in [0.2, 0.25) is 0 Å². The van der Waals surface area contributed by atoms with Crippen LogP contribution in [0.4, 0.5) is 11.5 Å². The minimum atomic E-state index is 0.824. The SMILES string of the molecule is COc1ccccc1N1CCN(c2ccnc(SC)n2)CC1. The average molecular weight is 316 g/mol. The lowest BCUT2D eigenvalue weighted by Gasteiger charge is -2.37. The number of anilines is 2. The van der Waals surface area contributed by atoms with Gasteiger partial charge in [0.2, 0.25) is 0 Å². The lowest BCUT2D eigenvalue weighted by atomic mass is 10.2. The van der Waals surface area contributed by atoms with E-state index in [0.717, 1.165) is 48.6 Å². The maximum Gasteiger partial charge on any atom is 0.189 e. The van der Waals surface area contributed by atoms with Crippen LogP contribution in [-0.4, -0.2) is 49.5 Å². The number of aromatic nitrogens is 2. The van der Waals surface area contributed by atoms with Crippen LogP contribution >= 0.6 is 11.8 Å². The fourth-order valence-electron chi connectivity index (χ4n) is 2.67. The third-order valence-electron chi connectivity index (χ3n) is 3.83. The van der Waals surface area contributed by atoms with E-state index in [0.29, 0.717) is 0 Å². The van der Waals surface area contributed by atoms with Crippen molar-refractivity contribution in [2.24, 2.45) is 0 Å². The van der Waals surface area contributed by atoms with Gasteiger partial charge in [-0.3, -0.25) is 0 Å². The molecule has 1 aliphatic rings. The van der Waals surface area contributed by atoms with Gasteiger partial charge < -0.3 is 14.5 Å². The Labute approximate surface area is 135 Å². The fourth-order valence-corrected chi connectivity index (χ4v) is 3.02. The van der Waals surface area contributed by atoms with Gasteiger partial charge in [0.25, 0.3) is 0 Å². The molecule has 2 aromatic rings. The summed E-state index contributed by atoms with van der Waals surface area (Å²) >= 11 is 1.57. The summed E-state index contributed by atoms with van der Waals surface area (Å²) in [6, 6.07) is 10.2. The number of thioether (sulfide) groups is 1. The Morgan fingerprint density at radius 3 is 2.50 bits per heavy atom. The Hall–Kier alpha value is -1.95. The van der Waals surface area contributed by atoms with Crippen LogP contribution in [0.1, 0.15) is 0 Å². The van der Waals surface area contributed by atoms with Crippen LogP contribution < -0.4 is 14.5 Å². The first-order chi connectivity index (χ1) is 10.8. The Morgan fingerprint density at radius 1 is 1.05 bits per heavy atom. The van der Waals surface area contributed by atoms with Crippen molar-refractivity contribution in [3.63, 3.8) is 0 Å². The van der Waals surface area contributed by atoms with Crippen molar-refractivity contribution >= 4 is 23.3 Å². The molecule has 1 fully saturated rings. The number of rotatable bonds is 4. The molecule has 3 rings (SSSR count). The highest BCUT2D eigenvalue weighted by atomic mass is 32.2. The molecule has 1 aliphatic heterocycles. The van der Waals surface area contributed by atoms with E-state index in [1.165, 1.54) is 0 Å². The number of hydrogen-bond donors (Lipinski definition) is 0. The van der Waals surface area contributed by atoms with Crippen LogP contribution in [-0.2, 0) is 0 Å². The van der Waals surface area contributed by atoms with E-state index in [2.05, 4.69) is 31.9 Å². The van der Waals surface area contributed by atoms with Crippen molar-refractivity contribution in [3.05, 3.63) is 36.5 Å². The zero-order valence-corrected chi connectivity index (χ0v) is 13.7. The first-order valence-corrected chi connectivity index (χ1v) is 8.54. The van der Waals surface area contributed by atoms with Crippen LogP contribution in [0.5, 0.6) is 5.75 Å². The molecule has 1 aromatic carbocycles. The summed E-state index contributed by atoms with van der Waals surface area (Å²) in [5.74, 6) is 1.95. The van der Waals surface area contributed by atoms with E-state index >= 15 is 0 Å². The summed E-state index contributed by atoms with van der Waals surface area (Å²) in [7, 11) is 1.72. The molecule has 5 nitrogen and oxygen atoms in total. The third-order valence-corrected chi connectivity index (χ3v) is 4.39. The first-order valence-electron chi connectivity index (χ1n) is 7.32. The fraction of sp³-hybridized carbons (Fsp3) is 0.375. The predicted octanol–water partition coefficient (Wildman–Crippen LogP) is 2.53. The number of methoxy groups -OCH3 is 1. The molecule has 0 amide bonds. The van der Waals surface area contributed by atoms with E-state index in [-0.39, 0.29) is 0 Å². The zero-order chi connectivity index (χ0) is 15.4. The van der Waals surface area contributed by atoms with Gasteiger partial charge in [0.15, 0.2) is 5.16 Å². The molecule has 2 heterocycles. The predicted molar refractivity (Wildman–Crippen MR) is 91.2 cm³/mol. The number of para-hydroxylation sites is 2. The zero-order valence-electron chi connectivity index (χ0n) is 12.9. The molecular weight excluding hydrogens is 296 g/mol. The number of piperazine rings is 1. The van der Waals surface area contributed by atoms with Crippen LogP contribution in [0.15, 0.2) is 41.7 Å². The summed E-state index contributed by atoms with van der Waals surface area (Å²) in [5.41, 5.74) is 1.16. The minimum Gasteiger partial charge on any atom is -0.495 e. The molecule has 6 heteroatoms. The summed E-state index contributed by atoms with van der Waals surface area (Å²) in [5, 5.41) is 0.824. The Morgan fingerprint density at radius 2 is 1.77 bits per heavy atom. The maximum absolute atomic E-state index is 5.46. The van der Waals surface area contributed by atoms with Crippen molar-refractivity contribution in [2.45, 2.75) is 5.16 Å². The summed E-state index contributed by atoms with van der Waals surface area (Å²) < 4.78 is 5.46. The second kappa shape index (κ2) is 6.87. The van der Waals surface area contributed by atoms with E-state index in [9.17, 15) is 0 Å². The first kappa shape index (κ1) is 15.0. The van der Waals surface area contributed by atoms with E-state index in [1.807, 2.05) is 30.7 Å². The molecule has 0 N–H and O–H groups in total. The number of hydrogen-bond acceptors (Lipinski definition) is 6. The lowest BCUT2D eigenvalue weighted by Crippen LogP contribution is -2.47. The molecule has 0 radical (unpaired) electrons. The van der Waals surface area contributed by atoms with Gasteiger partial charge in [0.1, 0.15) is 11.6 Å². The molecule has 1 saturated heterocycles. The van der Waals surface area contributed by atoms with Gasteiger partial charge >= 0.3 is 0 Å². The molecule has 116 valence electrons. The molecule has 22 heavy (non-hydrogen) atoms. The van der Waals surface area contributed by atoms with Gasteiger partial charge in [-0.25, -0.2) is 9.97 Å². The topological polar surface area (TPSA) is 41.5 Å². The smallest absolute Gasteiger partial charge is 0.189 e. The molecule has 0 aliphatic carbocycles. The summed E-state index contributed by atoms with van der Waals surface area (Å²) in [4.78, 5) is 13.5. The molecule has 0 spiro atoms. The van der Waals surface area contributed by atoms with Crippen molar-refractivity contribution in [1.82, 2.24) is 9.97 Å². The second-order valence-corrected chi connectivity index (χ2v) is 5.82. The molecule has 0 saturated carbocycles. The van der Waals surface area contributed by atoms with Crippen LogP contribution in [0.3, 0.4) is 0 Å². The molecule has 0 bridgehead atoms. The Balaban J connectivity index is 1.69. The highest BCUT2D eigenvalue weighted by Gasteiger charge is 2.20. The quantitative estimate of drug-likeness (QED) is 0.638. The minimum absolute atomic E-state index is 0.824. The lowest BCUT2D eigenvalue weighted by molar-refractivity contribution is 0.413. The highest BCUT2D eigenvalue weighted by Crippen LogP contribution is 2.29. The van der Waals surface area contributed by atoms with Gasteiger partial charge in [0.05, 0.1) is 12.8 Å². The highest BCUT2D eigenvalue weighted by molar-refractivity contribution is 7.98. The van der Waals surface area contributed by atoms with Crippen molar-refractivity contribution < 1.29 is 4.74 Å². The van der Waals surface area contributed by atoms with Crippen molar-refractivity contribution in [2.75, 3.05) is 49.3 Å². The van der Waals surface area contributed by atoms with Crippen LogP contribution in [0, 0.1) is 0 Å². The average Bonchev–Trinajstić information content (AvgIpc) is 2.62. The van der Waals surface area contributed by atoms with Crippen molar-refractivity contribution in [3.8, 4) is 5.75 Å². The van der Waals surface area contributed by atoms with Gasteiger partial charge in [-0.1, -0.05) is 23.9 Å². The van der Waals surface area contributed by atoms with E-state index in [4.69, 9.17) is 4.74 Å². The summed E-state index contributed by atoms with van der Waals surface area (Å²) in [6.07, 6.45) is 3.83. The number of benzene rings is 1. The molecule has 0 atom stereocenters. The van der Waals surface area contributed by atoms with E-state index in [1.54, 1.807) is 18.9 Å². The van der Waals surface area contributed by atoms with Gasteiger partial charge in [0, 0.05) is 32.4 Å². The monoisotopic (exact) mass is 316 g/mol. The molecular formula is C16H20N4OS. The van der Waals surface area contributed by atoms with Gasteiger partial charge in [-0.05, 0) is 24.5 Å². The summed E-state index contributed by atoms with van der Waals surface area (Å²) in [6.45, 7) is 3.81. The van der Waals surface area contributed by atoms with Crippen molar-refractivity contribution in [1.29, 1.82) is 0 Å². The van der Waals surface area contributed by atoms with Gasteiger partial charge in [-0.15, -0.1) is 0 Å². The Kier molecular flexibility index (Phi) is 4.68. The number of nitrogens with zero attached hydrogens (tertiary/aromatic N) is 4. The third kappa shape index (κ3) is 3.11. The number of ether oxygens (including phenoxy) is 1. The van der Waals surface area contributed by atoms with E-state index < -0.39 is 0 Å². The van der Waals surface area contributed by atoms with Crippen LogP contribution in [0.25, 0.3) is 0 Å². The molecule has 1 aromatic heterocycles. The van der Waals surface area contributed by atoms with Gasteiger partial charge in [-0.2, -0.15) is 0 Å². The normalized spacial score (nSPS) is 15.0. The largest absolute Gasteiger partial charge is 0.495 e. The second-order valence-electron chi connectivity index (χ2n) is 5.05. The maximum atomic E-state index is 5.46. The Bertz CT molecular complexity index is 629. The standard InChI is InChI=1S/C16H20N4OS/c1-21-14-6-4-3-5-13(14)19-9-11-20(12-10-19)15-7-8-17-16(18-15)22-2/h3-8H,9-12H2,1-2H3. The molecule has 0 unspecified atom stereocenters.